The second kappa shape index (κ2) is 13.0. The van der Waals surface area contributed by atoms with Crippen LogP contribution in [0.25, 0.3) is 5.70 Å². The number of nitrogens with two attached hydrogens (primary N) is 2. The fourth-order valence-corrected chi connectivity index (χ4v) is 4.82. The summed E-state index contributed by atoms with van der Waals surface area (Å²) in [5.41, 5.74) is 7.37. The lowest BCUT2D eigenvalue weighted by molar-refractivity contribution is -0.137. The van der Waals surface area contributed by atoms with Crippen molar-refractivity contribution in [3.05, 3.63) is 70.4 Å². The molecule has 0 aliphatic heterocycles. The second-order valence-corrected chi connectivity index (χ2v) is 11.8. The molecule has 14 heteroatoms. The van der Waals surface area contributed by atoms with Crippen LogP contribution in [-0.4, -0.2) is 55.9 Å². The Labute approximate surface area is 252 Å². The third kappa shape index (κ3) is 8.46. The number of hydrazine groups is 1. The van der Waals surface area contributed by atoms with E-state index >= 15 is 0 Å². The van der Waals surface area contributed by atoms with Gasteiger partial charge >= 0.3 is 6.18 Å². The van der Waals surface area contributed by atoms with Gasteiger partial charge in [-0.3, -0.25) is 14.6 Å². The highest BCUT2D eigenvalue weighted by molar-refractivity contribution is 7.16. The molecule has 0 unspecified atom stereocenters. The molecule has 0 radical (unpaired) electrons. The highest BCUT2D eigenvalue weighted by Gasteiger charge is 2.32. The third-order valence-electron chi connectivity index (χ3n) is 6.82. The summed E-state index contributed by atoms with van der Waals surface area (Å²) >= 11 is 1.21. The van der Waals surface area contributed by atoms with Gasteiger partial charge in [-0.15, -0.1) is 0 Å². The van der Waals surface area contributed by atoms with Crippen LogP contribution in [0.2, 0.25) is 0 Å². The molecule has 1 fully saturated rings. The summed E-state index contributed by atoms with van der Waals surface area (Å²) in [4.78, 5) is 33.6. The number of carbonyl (C=O) groups excluding carboxylic acids is 2. The molecule has 0 spiro atoms. The highest BCUT2D eigenvalue weighted by Crippen LogP contribution is 2.35. The molecule has 1 aliphatic rings. The topological polar surface area (TPSA) is 133 Å². The molecule has 4 rings (SSSR count). The number of nitrogens with zero attached hydrogens (tertiary/aromatic N) is 4. The minimum atomic E-state index is -4.59. The molecule has 2 amide bonds. The molecule has 0 bridgehead atoms. The number of aryl methyl sites for hydroxylation is 1. The Balaban J connectivity index is 1.52. The maximum atomic E-state index is 13.7. The van der Waals surface area contributed by atoms with Crippen molar-refractivity contribution < 1.29 is 22.8 Å². The lowest BCUT2D eigenvalue weighted by Crippen LogP contribution is -2.28. The van der Waals surface area contributed by atoms with Gasteiger partial charge in [-0.2, -0.15) is 13.2 Å². The van der Waals surface area contributed by atoms with E-state index in [-0.39, 0.29) is 28.8 Å². The Hall–Kier alpha value is -4.14. The van der Waals surface area contributed by atoms with Crippen molar-refractivity contribution in [2.75, 3.05) is 54.8 Å². The summed E-state index contributed by atoms with van der Waals surface area (Å²) in [6.45, 7) is 2.92. The second-order valence-electron chi connectivity index (χ2n) is 10.7. The first-order valence-electron chi connectivity index (χ1n) is 13.5. The smallest absolute Gasteiger partial charge is 0.396 e. The van der Waals surface area contributed by atoms with E-state index in [0.29, 0.717) is 34.5 Å². The fourth-order valence-electron chi connectivity index (χ4n) is 4.08. The predicted octanol–water partition coefficient (Wildman–Crippen LogP) is 4.71. The van der Waals surface area contributed by atoms with Gasteiger partial charge in [-0.05, 0) is 69.8 Å². The first-order valence-corrected chi connectivity index (χ1v) is 14.3. The number of benzene rings is 2. The number of anilines is 4. The quantitative estimate of drug-likeness (QED) is 0.180. The van der Waals surface area contributed by atoms with Crippen LogP contribution in [-0.2, 0) is 11.0 Å². The zero-order chi connectivity index (χ0) is 31.5. The molecule has 1 aliphatic carbocycles. The zero-order valence-corrected chi connectivity index (χ0v) is 25.1. The molecular formula is C29H35F3N8O2S. The van der Waals surface area contributed by atoms with E-state index < -0.39 is 17.6 Å². The Kier molecular flexibility index (Phi) is 9.62. The number of alkyl halides is 3. The molecule has 1 heterocycles. The summed E-state index contributed by atoms with van der Waals surface area (Å²) in [5, 5.41) is 7.06. The molecule has 43 heavy (non-hydrogen) atoms. The summed E-state index contributed by atoms with van der Waals surface area (Å²) < 4.78 is 41.1. The predicted molar refractivity (Wildman–Crippen MR) is 165 cm³/mol. The lowest BCUT2D eigenvalue weighted by Gasteiger charge is -2.23. The minimum absolute atomic E-state index is 0.0113. The van der Waals surface area contributed by atoms with Crippen LogP contribution in [0.3, 0.4) is 0 Å². The van der Waals surface area contributed by atoms with E-state index in [0.717, 1.165) is 30.5 Å². The van der Waals surface area contributed by atoms with Crippen molar-refractivity contribution in [2.24, 2.45) is 17.5 Å². The van der Waals surface area contributed by atoms with Crippen LogP contribution in [0.1, 0.15) is 39.2 Å². The minimum Gasteiger partial charge on any atom is -0.396 e. The van der Waals surface area contributed by atoms with Gasteiger partial charge in [0, 0.05) is 55.4 Å². The Morgan fingerprint density at radius 1 is 1.09 bits per heavy atom. The van der Waals surface area contributed by atoms with Crippen LogP contribution < -0.4 is 32.1 Å². The van der Waals surface area contributed by atoms with Gasteiger partial charge in [0.2, 0.25) is 5.91 Å². The van der Waals surface area contributed by atoms with Crippen molar-refractivity contribution in [3.63, 3.8) is 0 Å². The van der Waals surface area contributed by atoms with Crippen LogP contribution in [0, 0.1) is 12.8 Å². The first kappa shape index (κ1) is 31.8. The van der Waals surface area contributed by atoms with E-state index in [1.54, 1.807) is 31.0 Å². The summed E-state index contributed by atoms with van der Waals surface area (Å²) in [6.07, 6.45) is 0.153. The average molecular weight is 617 g/mol. The standard InChI is InChI=1S/C29H35F3N8O2S/c1-17-5-6-19(11-24(17)40(34)16-23(33)25-15-35-28(43-25)37-26(41)18-7-8-18)27(42)36-21-12-20(29(30,31)32)13-22(14-21)39(4)10-9-38(2)3/h5-6,11-16,18H,7-10,33-34H2,1-4H3,(H,36,42)(H,35,37,41)/b23-16-. The summed E-state index contributed by atoms with van der Waals surface area (Å²) in [5.74, 6) is 5.66. The molecular weight excluding hydrogens is 581 g/mol. The van der Waals surface area contributed by atoms with E-state index in [9.17, 15) is 22.8 Å². The molecule has 3 aromatic rings. The molecule has 1 saturated carbocycles. The van der Waals surface area contributed by atoms with Crippen LogP contribution in [0.4, 0.5) is 35.4 Å². The number of hydrogen-bond acceptors (Lipinski definition) is 9. The lowest BCUT2D eigenvalue weighted by atomic mass is 10.1. The first-order chi connectivity index (χ1) is 20.2. The maximum Gasteiger partial charge on any atom is 0.416 e. The van der Waals surface area contributed by atoms with Gasteiger partial charge in [0.15, 0.2) is 5.13 Å². The molecule has 230 valence electrons. The zero-order valence-electron chi connectivity index (χ0n) is 24.3. The monoisotopic (exact) mass is 616 g/mol. The summed E-state index contributed by atoms with van der Waals surface area (Å²) in [6, 6.07) is 8.24. The number of likely N-dealkylation sites (N-methyl/N-ethyl adjacent to an activating group) is 2. The molecule has 2 aromatic carbocycles. The largest absolute Gasteiger partial charge is 0.416 e. The van der Waals surface area contributed by atoms with Crippen molar-refractivity contribution in [2.45, 2.75) is 25.9 Å². The molecule has 0 saturated heterocycles. The van der Waals surface area contributed by atoms with Gasteiger partial charge in [-0.1, -0.05) is 17.4 Å². The van der Waals surface area contributed by atoms with Crippen molar-refractivity contribution in [1.82, 2.24) is 9.88 Å². The number of halogens is 3. The summed E-state index contributed by atoms with van der Waals surface area (Å²) in [7, 11) is 5.45. The normalized spacial score (nSPS) is 13.7. The number of thiazole rings is 1. The highest BCUT2D eigenvalue weighted by atomic mass is 32.1. The van der Waals surface area contributed by atoms with Crippen LogP contribution in [0.5, 0.6) is 0 Å². The molecule has 10 nitrogen and oxygen atoms in total. The molecule has 1 aromatic heterocycles. The number of rotatable bonds is 11. The van der Waals surface area contributed by atoms with Gasteiger partial charge in [0.25, 0.3) is 5.91 Å². The van der Waals surface area contributed by atoms with E-state index in [1.165, 1.54) is 40.9 Å². The van der Waals surface area contributed by atoms with Crippen LogP contribution in [0.15, 0.2) is 48.8 Å². The number of hydrogen-bond donors (Lipinski definition) is 4. The number of nitrogens with one attached hydrogen (secondary N) is 2. The number of carbonyl (C=O) groups is 2. The molecule has 6 N–H and O–H groups in total. The Bertz CT molecular complexity index is 1520. The SMILES string of the molecule is Cc1ccc(C(=O)Nc2cc(N(C)CCN(C)C)cc(C(F)(F)F)c2)cc1N(N)/C=C(\N)c1cnc(NC(=O)C2CC2)s1. The van der Waals surface area contributed by atoms with Gasteiger partial charge in [0.05, 0.1) is 21.8 Å². The molecule has 0 atom stereocenters. The Morgan fingerprint density at radius 3 is 2.47 bits per heavy atom. The van der Waals surface area contributed by atoms with E-state index in [2.05, 4.69) is 15.6 Å². The average Bonchev–Trinajstić information content (AvgIpc) is 3.69. The van der Waals surface area contributed by atoms with Gasteiger partial charge in [-0.25, -0.2) is 10.8 Å². The Morgan fingerprint density at radius 2 is 1.81 bits per heavy atom. The van der Waals surface area contributed by atoms with Gasteiger partial charge < -0.3 is 26.2 Å². The maximum absolute atomic E-state index is 13.7. The fraction of sp³-hybridized carbons (Fsp3) is 0.345. The van der Waals surface area contributed by atoms with E-state index in [4.69, 9.17) is 11.6 Å². The van der Waals surface area contributed by atoms with Crippen molar-refractivity contribution in [3.8, 4) is 0 Å². The number of aromatic nitrogens is 1. The number of amides is 2. The van der Waals surface area contributed by atoms with Crippen molar-refractivity contribution >= 4 is 51.0 Å². The third-order valence-corrected chi connectivity index (χ3v) is 7.78. The van der Waals surface area contributed by atoms with E-state index in [1.807, 2.05) is 19.0 Å². The van der Waals surface area contributed by atoms with Crippen molar-refractivity contribution in [1.29, 1.82) is 0 Å². The van der Waals surface area contributed by atoms with Crippen LogP contribution >= 0.6 is 11.3 Å². The van der Waals surface area contributed by atoms with Gasteiger partial charge in [0.1, 0.15) is 0 Å².